The molecule has 24 heavy (non-hydrogen) atoms. The third kappa shape index (κ3) is 2.48. The summed E-state index contributed by atoms with van der Waals surface area (Å²) in [6.07, 6.45) is 0. The van der Waals surface area contributed by atoms with E-state index < -0.39 is 0 Å². The Kier molecular flexibility index (Phi) is 3.58. The van der Waals surface area contributed by atoms with Gasteiger partial charge in [-0.2, -0.15) is 4.99 Å². The number of carbonyl (C=O) groups is 1. The second-order valence-corrected chi connectivity index (χ2v) is 6.94. The highest BCUT2D eigenvalue weighted by Crippen LogP contribution is 2.32. The molecular formula is C17H13ClN2O3S. The maximum absolute atomic E-state index is 12.5. The Morgan fingerprint density at radius 1 is 1.25 bits per heavy atom. The van der Waals surface area contributed by atoms with Crippen molar-refractivity contribution in [3.05, 3.63) is 51.3 Å². The molecule has 4 rings (SSSR count). The van der Waals surface area contributed by atoms with Gasteiger partial charge in [-0.1, -0.05) is 22.9 Å². The predicted octanol–water partition coefficient (Wildman–Crippen LogP) is 3.67. The number of fused-ring (bicyclic) bond motifs is 2. The van der Waals surface area contributed by atoms with Gasteiger partial charge in [0.1, 0.15) is 0 Å². The maximum atomic E-state index is 12.5. The van der Waals surface area contributed by atoms with Crippen LogP contribution in [0.2, 0.25) is 5.02 Å². The van der Waals surface area contributed by atoms with Crippen LogP contribution >= 0.6 is 22.9 Å². The molecule has 0 N–H and O–H groups in total. The van der Waals surface area contributed by atoms with Crippen LogP contribution in [0.5, 0.6) is 11.5 Å². The van der Waals surface area contributed by atoms with E-state index in [9.17, 15) is 4.79 Å². The number of rotatable bonds is 1. The monoisotopic (exact) mass is 360 g/mol. The summed E-state index contributed by atoms with van der Waals surface area (Å²) in [5.41, 5.74) is 2.54. The summed E-state index contributed by atoms with van der Waals surface area (Å²) >= 11 is 7.55. The van der Waals surface area contributed by atoms with Crippen molar-refractivity contribution in [1.29, 1.82) is 0 Å². The molecule has 1 aliphatic rings. The van der Waals surface area contributed by atoms with E-state index >= 15 is 0 Å². The average Bonchev–Trinajstić information content (AvgIpc) is 3.11. The molecule has 0 unspecified atom stereocenters. The number of nitrogens with zero attached hydrogens (tertiary/aromatic N) is 2. The molecule has 122 valence electrons. The number of hydrogen-bond acceptors (Lipinski definition) is 4. The largest absolute Gasteiger partial charge is 0.454 e. The Morgan fingerprint density at radius 2 is 2.04 bits per heavy atom. The molecule has 0 radical (unpaired) electrons. The lowest BCUT2D eigenvalue weighted by molar-refractivity contribution is 0.0997. The van der Waals surface area contributed by atoms with Gasteiger partial charge in [-0.25, -0.2) is 0 Å². The highest BCUT2D eigenvalue weighted by molar-refractivity contribution is 7.16. The second-order valence-electron chi connectivity index (χ2n) is 5.50. The molecule has 0 saturated carbocycles. The standard InChI is InChI=1S/C17H13ClN2O3S/c1-9-5-11(18)7-14-15(9)20(2)17(24-14)19-16(21)10-3-4-12-13(6-10)23-8-22-12/h3-7H,8H2,1-2H3. The van der Waals surface area contributed by atoms with Gasteiger partial charge >= 0.3 is 0 Å². The van der Waals surface area contributed by atoms with Gasteiger partial charge in [0.05, 0.1) is 10.2 Å². The van der Waals surface area contributed by atoms with Crippen molar-refractivity contribution >= 4 is 39.1 Å². The van der Waals surface area contributed by atoms with Crippen LogP contribution in [-0.4, -0.2) is 17.3 Å². The first-order valence-electron chi connectivity index (χ1n) is 7.27. The Hall–Kier alpha value is -2.31. The first-order chi connectivity index (χ1) is 11.5. The first kappa shape index (κ1) is 15.2. The normalized spacial score (nSPS) is 13.7. The van der Waals surface area contributed by atoms with Crippen molar-refractivity contribution in [3.63, 3.8) is 0 Å². The van der Waals surface area contributed by atoms with Crippen LogP contribution in [0.25, 0.3) is 10.2 Å². The summed E-state index contributed by atoms with van der Waals surface area (Å²) in [5.74, 6) is 0.892. The Bertz CT molecular complexity index is 1050. The summed E-state index contributed by atoms with van der Waals surface area (Å²) in [4.78, 5) is 17.4. The number of ether oxygens (including phenoxy) is 2. The van der Waals surface area contributed by atoms with Crippen molar-refractivity contribution in [2.24, 2.45) is 12.0 Å². The molecule has 2 aromatic carbocycles. The SMILES string of the molecule is Cc1cc(Cl)cc2sc(=NC(=O)c3ccc4c(c3)OCO4)n(C)c12. The fraction of sp³-hybridized carbons (Fsp3) is 0.176. The maximum Gasteiger partial charge on any atom is 0.279 e. The number of aryl methyl sites for hydroxylation is 2. The number of hydrogen-bond donors (Lipinski definition) is 0. The van der Waals surface area contributed by atoms with E-state index in [1.165, 1.54) is 11.3 Å². The minimum Gasteiger partial charge on any atom is -0.454 e. The van der Waals surface area contributed by atoms with Gasteiger partial charge in [0.15, 0.2) is 16.3 Å². The Morgan fingerprint density at radius 3 is 2.88 bits per heavy atom. The third-order valence-electron chi connectivity index (χ3n) is 3.87. The van der Waals surface area contributed by atoms with E-state index in [1.54, 1.807) is 18.2 Å². The van der Waals surface area contributed by atoms with Gasteiger partial charge < -0.3 is 14.0 Å². The fourth-order valence-electron chi connectivity index (χ4n) is 2.75. The number of benzene rings is 2. The van der Waals surface area contributed by atoms with E-state index in [0.717, 1.165) is 15.8 Å². The van der Waals surface area contributed by atoms with E-state index in [1.807, 2.05) is 30.7 Å². The van der Waals surface area contributed by atoms with Gasteiger partial charge in [0, 0.05) is 17.6 Å². The minimum atomic E-state index is -0.320. The molecule has 3 aromatic rings. The molecule has 7 heteroatoms. The van der Waals surface area contributed by atoms with Gasteiger partial charge in [-0.05, 0) is 42.8 Å². The molecule has 1 aromatic heterocycles. The number of carbonyl (C=O) groups excluding carboxylic acids is 1. The van der Waals surface area contributed by atoms with Gasteiger partial charge in [0.25, 0.3) is 5.91 Å². The summed E-state index contributed by atoms with van der Waals surface area (Å²) in [7, 11) is 1.89. The first-order valence-corrected chi connectivity index (χ1v) is 8.47. The lowest BCUT2D eigenvalue weighted by Gasteiger charge is -2.01. The zero-order chi connectivity index (χ0) is 16.8. The summed E-state index contributed by atoms with van der Waals surface area (Å²) in [6.45, 7) is 2.17. The molecule has 5 nitrogen and oxygen atoms in total. The summed E-state index contributed by atoms with van der Waals surface area (Å²) in [5, 5.41) is 0.676. The lowest BCUT2D eigenvalue weighted by Crippen LogP contribution is -2.13. The highest BCUT2D eigenvalue weighted by Gasteiger charge is 2.16. The topological polar surface area (TPSA) is 52.8 Å². The van der Waals surface area contributed by atoms with Crippen LogP contribution in [0.1, 0.15) is 15.9 Å². The molecule has 0 atom stereocenters. The zero-order valence-electron chi connectivity index (χ0n) is 13.0. The molecule has 2 heterocycles. The van der Waals surface area contributed by atoms with Gasteiger partial charge in [-0.15, -0.1) is 0 Å². The Balaban J connectivity index is 1.80. The minimum absolute atomic E-state index is 0.176. The third-order valence-corrected chi connectivity index (χ3v) is 5.17. The lowest BCUT2D eigenvalue weighted by atomic mass is 10.2. The summed E-state index contributed by atoms with van der Waals surface area (Å²) in [6, 6.07) is 8.86. The van der Waals surface area contributed by atoms with Crippen LogP contribution in [0.15, 0.2) is 35.3 Å². The van der Waals surface area contributed by atoms with Gasteiger partial charge in [-0.3, -0.25) is 4.79 Å². The molecule has 0 aliphatic carbocycles. The smallest absolute Gasteiger partial charge is 0.279 e. The molecule has 0 saturated heterocycles. The number of thiazole rings is 1. The van der Waals surface area contributed by atoms with Crippen molar-refractivity contribution in [2.75, 3.05) is 6.79 Å². The quantitative estimate of drug-likeness (QED) is 0.665. The van der Waals surface area contributed by atoms with Crippen LogP contribution in [-0.2, 0) is 7.05 Å². The Labute approximate surface area is 146 Å². The molecule has 1 amide bonds. The average molecular weight is 361 g/mol. The fourth-order valence-corrected chi connectivity index (χ4v) is 4.23. The highest BCUT2D eigenvalue weighted by atomic mass is 35.5. The van der Waals surface area contributed by atoms with Crippen molar-refractivity contribution in [1.82, 2.24) is 4.57 Å². The van der Waals surface area contributed by atoms with Crippen molar-refractivity contribution < 1.29 is 14.3 Å². The van der Waals surface area contributed by atoms with Crippen molar-refractivity contribution in [3.8, 4) is 11.5 Å². The van der Waals surface area contributed by atoms with Crippen LogP contribution < -0.4 is 14.3 Å². The molecule has 0 spiro atoms. The van der Waals surface area contributed by atoms with Gasteiger partial charge in [0.2, 0.25) is 6.79 Å². The number of aromatic nitrogens is 1. The van der Waals surface area contributed by atoms with E-state index in [2.05, 4.69) is 4.99 Å². The zero-order valence-corrected chi connectivity index (χ0v) is 14.6. The van der Waals surface area contributed by atoms with E-state index in [0.29, 0.717) is 26.9 Å². The van der Waals surface area contributed by atoms with Crippen molar-refractivity contribution in [2.45, 2.75) is 6.92 Å². The number of halogens is 1. The van der Waals surface area contributed by atoms with E-state index in [-0.39, 0.29) is 12.7 Å². The predicted molar refractivity (Wildman–Crippen MR) is 93.0 cm³/mol. The number of amides is 1. The molecule has 0 fully saturated rings. The summed E-state index contributed by atoms with van der Waals surface area (Å²) < 4.78 is 13.5. The second kappa shape index (κ2) is 5.65. The van der Waals surface area contributed by atoms with E-state index in [4.69, 9.17) is 21.1 Å². The van der Waals surface area contributed by atoms with Crippen LogP contribution in [0.3, 0.4) is 0 Å². The molecule has 1 aliphatic heterocycles. The molecule has 0 bridgehead atoms. The van der Waals surface area contributed by atoms with Crippen LogP contribution in [0, 0.1) is 6.92 Å². The molecular weight excluding hydrogens is 348 g/mol. The van der Waals surface area contributed by atoms with Crippen LogP contribution in [0.4, 0.5) is 0 Å².